The highest BCUT2D eigenvalue weighted by Crippen LogP contribution is 2.32. The van der Waals surface area contributed by atoms with Crippen molar-refractivity contribution in [2.75, 3.05) is 5.32 Å². The molecule has 25 heavy (non-hydrogen) atoms. The topological polar surface area (TPSA) is 57.8 Å². The maximum Gasteiger partial charge on any atom is 0.417 e. The molecular weight excluding hydrogens is 396 g/mol. The number of pyridine rings is 2. The van der Waals surface area contributed by atoms with E-state index < -0.39 is 45.8 Å². The second-order valence-corrected chi connectivity index (χ2v) is 5.45. The summed E-state index contributed by atoms with van der Waals surface area (Å²) in [6, 6.07) is 1.06. The fourth-order valence-electron chi connectivity index (χ4n) is 1.68. The molecule has 0 aromatic carbocycles. The van der Waals surface area contributed by atoms with Gasteiger partial charge in [0.25, 0.3) is 5.91 Å². The molecule has 134 valence electrons. The molecule has 2 aromatic rings. The normalized spacial score (nSPS) is 12.1. The van der Waals surface area contributed by atoms with Gasteiger partial charge in [0.2, 0.25) is 0 Å². The lowest BCUT2D eigenvalue weighted by Gasteiger charge is -2.11. The number of hydrogen-bond donors (Lipinski definition) is 2. The summed E-state index contributed by atoms with van der Waals surface area (Å²) in [5.74, 6) is -1.11. The summed E-state index contributed by atoms with van der Waals surface area (Å²) in [7, 11) is 0. The van der Waals surface area contributed by atoms with Crippen molar-refractivity contribution in [3.63, 3.8) is 0 Å². The number of halogens is 7. The zero-order valence-electron chi connectivity index (χ0n) is 11.7. The molecular formula is C13H6ClF6N3OS. The summed E-state index contributed by atoms with van der Waals surface area (Å²) in [5, 5.41) is 1.42. The van der Waals surface area contributed by atoms with Gasteiger partial charge < -0.3 is 10.3 Å². The van der Waals surface area contributed by atoms with Crippen LogP contribution in [0.2, 0.25) is 5.02 Å². The van der Waals surface area contributed by atoms with Gasteiger partial charge in [0.1, 0.15) is 10.3 Å². The number of nitrogens with zero attached hydrogens (tertiary/aromatic N) is 1. The quantitative estimate of drug-likeness (QED) is 0.545. The first-order chi connectivity index (χ1) is 11.4. The van der Waals surface area contributed by atoms with Crippen LogP contribution in [0.5, 0.6) is 0 Å². The molecule has 2 aromatic heterocycles. The summed E-state index contributed by atoms with van der Waals surface area (Å²) in [5.41, 5.74) is -3.28. The van der Waals surface area contributed by atoms with E-state index in [0.29, 0.717) is 24.5 Å². The number of rotatable bonds is 2. The molecule has 0 aliphatic heterocycles. The second kappa shape index (κ2) is 6.64. The molecule has 4 nitrogen and oxygen atoms in total. The Morgan fingerprint density at radius 3 is 2.24 bits per heavy atom. The maximum atomic E-state index is 12.7. The Hall–Kier alpha value is -2.14. The number of carbonyl (C=O) groups is 1. The van der Waals surface area contributed by atoms with Gasteiger partial charge in [-0.2, -0.15) is 26.3 Å². The highest BCUT2D eigenvalue weighted by atomic mass is 35.5. The summed E-state index contributed by atoms with van der Waals surface area (Å²) < 4.78 is 75.4. The van der Waals surface area contributed by atoms with E-state index in [0.717, 1.165) is 0 Å². The molecule has 0 radical (unpaired) electrons. The van der Waals surface area contributed by atoms with Gasteiger partial charge in [-0.25, -0.2) is 4.98 Å². The van der Waals surface area contributed by atoms with Crippen molar-refractivity contribution in [2.45, 2.75) is 12.4 Å². The van der Waals surface area contributed by atoms with E-state index in [1.54, 1.807) is 0 Å². The standard InChI is InChI=1S/C13H6ClF6N3OS/c14-7-1-5(12(15,16)17)3-21-9(7)10(24)23-8-2-6(13(18,19)20)4-22-11(8)25/h1-4H,(H,22,25)(H,23,24). The fraction of sp³-hybridized carbons (Fsp3) is 0.154. The average molecular weight is 402 g/mol. The van der Waals surface area contributed by atoms with E-state index in [-0.39, 0.29) is 4.64 Å². The van der Waals surface area contributed by atoms with Crippen molar-refractivity contribution in [3.8, 4) is 0 Å². The number of nitrogens with one attached hydrogen (secondary N) is 2. The molecule has 0 fully saturated rings. The number of aromatic amines is 1. The third-order valence-corrected chi connectivity index (χ3v) is 3.49. The lowest BCUT2D eigenvalue weighted by atomic mass is 10.2. The smallest absolute Gasteiger partial charge is 0.351 e. The van der Waals surface area contributed by atoms with Crippen molar-refractivity contribution in [1.82, 2.24) is 9.97 Å². The van der Waals surface area contributed by atoms with E-state index in [1.165, 1.54) is 0 Å². The zero-order valence-corrected chi connectivity index (χ0v) is 13.3. The van der Waals surface area contributed by atoms with Crippen LogP contribution < -0.4 is 5.32 Å². The molecule has 0 saturated carbocycles. The molecule has 0 aliphatic carbocycles. The average Bonchev–Trinajstić information content (AvgIpc) is 2.47. The second-order valence-electron chi connectivity index (χ2n) is 4.64. The molecule has 0 aliphatic rings. The molecule has 2 rings (SSSR count). The van der Waals surface area contributed by atoms with Gasteiger partial charge in [-0.1, -0.05) is 23.8 Å². The summed E-state index contributed by atoms with van der Waals surface area (Å²) in [6.07, 6.45) is -8.41. The molecule has 0 atom stereocenters. The fourth-order valence-corrected chi connectivity index (χ4v) is 2.10. The van der Waals surface area contributed by atoms with Gasteiger partial charge in [0.15, 0.2) is 0 Å². The minimum Gasteiger partial charge on any atom is -0.351 e. The van der Waals surface area contributed by atoms with E-state index in [2.05, 4.69) is 9.97 Å². The number of aromatic nitrogens is 2. The predicted molar refractivity (Wildman–Crippen MR) is 78.8 cm³/mol. The Balaban J connectivity index is 2.33. The number of anilines is 1. The number of amides is 1. The molecule has 0 saturated heterocycles. The molecule has 0 bridgehead atoms. The van der Waals surface area contributed by atoms with Crippen LogP contribution in [0.15, 0.2) is 24.5 Å². The molecule has 0 spiro atoms. The van der Waals surface area contributed by atoms with Crippen molar-refractivity contribution in [3.05, 3.63) is 51.0 Å². The summed E-state index contributed by atoms with van der Waals surface area (Å²) in [6.45, 7) is 0. The Bertz CT molecular complexity index is 877. The zero-order chi connectivity index (χ0) is 19.0. The van der Waals surface area contributed by atoms with Crippen LogP contribution in [0, 0.1) is 4.64 Å². The lowest BCUT2D eigenvalue weighted by Crippen LogP contribution is -2.17. The van der Waals surface area contributed by atoms with E-state index in [9.17, 15) is 31.1 Å². The largest absolute Gasteiger partial charge is 0.417 e. The van der Waals surface area contributed by atoms with Crippen LogP contribution in [0.4, 0.5) is 32.0 Å². The molecule has 2 N–H and O–H groups in total. The van der Waals surface area contributed by atoms with E-state index in [1.807, 2.05) is 5.32 Å². The van der Waals surface area contributed by atoms with E-state index >= 15 is 0 Å². The van der Waals surface area contributed by atoms with Crippen LogP contribution in [-0.2, 0) is 12.4 Å². The summed E-state index contributed by atoms with van der Waals surface area (Å²) in [4.78, 5) is 17.5. The number of carbonyl (C=O) groups excluding carboxylic acids is 1. The van der Waals surface area contributed by atoms with E-state index in [4.69, 9.17) is 23.8 Å². The van der Waals surface area contributed by atoms with Gasteiger partial charge in [-0.3, -0.25) is 4.79 Å². The molecule has 1 amide bonds. The monoisotopic (exact) mass is 401 g/mol. The van der Waals surface area contributed by atoms with Crippen molar-refractivity contribution in [1.29, 1.82) is 0 Å². The Morgan fingerprint density at radius 2 is 1.72 bits per heavy atom. The van der Waals surface area contributed by atoms with Gasteiger partial charge >= 0.3 is 12.4 Å². The van der Waals surface area contributed by atoms with Gasteiger partial charge in [-0.15, -0.1) is 0 Å². The first kappa shape index (κ1) is 19.2. The lowest BCUT2D eigenvalue weighted by molar-refractivity contribution is -0.138. The van der Waals surface area contributed by atoms with Crippen LogP contribution in [-0.4, -0.2) is 15.9 Å². The van der Waals surface area contributed by atoms with Crippen molar-refractivity contribution in [2.24, 2.45) is 0 Å². The first-order valence-electron chi connectivity index (χ1n) is 6.23. The number of alkyl halides is 6. The first-order valence-corrected chi connectivity index (χ1v) is 7.02. The molecule has 0 unspecified atom stereocenters. The van der Waals surface area contributed by atoms with Gasteiger partial charge in [0.05, 0.1) is 21.8 Å². The summed E-state index contributed by atoms with van der Waals surface area (Å²) >= 11 is 10.4. The maximum absolute atomic E-state index is 12.7. The third-order valence-electron chi connectivity index (χ3n) is 2.86. The van der Waals surface area contributed by atoms with Crippen LogP contribution in [0.25, 0.3) is 0 Å². The highest BCUT2D eigenvalue weighted by Gasteiger charge is 2.33. The van der Waals surface area contributed by atoms with Gasteiger partial charge in [0, 0.05) is 12.4 Å². The third kappa shape index (κ3) is 4.48. The van der Waals surface area contributed by atoms with Crippen LogP contribution in [0.3, 0.4) is 0 Å². The highest BCUT2D eigenvalue weighted by molar-refractivity contribution is 7.71. The predicted octanol–water partition coefficient (Wildman–Crippen LogP) is 5.08. The molecule has 12 heteroatoms. The van der Waals surface area contributed by atoms with Crippen molar-refractivity contribution < 1.29 is 31.1 Å². The van der Waals surface area contributed by atoms with Crippen LogP contribution >= 0.6 is 23.8 Å². The SMILES string of the molecule is O=C(Nc1cc(C(F)(F)F)c[nH]c1=S)c1ncc(C(F)(F)F)cc1Cl. The minimum atomic E-state index is -4.71. The van der Waals surface area contributed by atoms with Crippen molar-refractivity contribution >= 4 is 35.4 Å². The van der Waals surface area contributed by atoms with Gasteiger partial charge in [-0.05, 0) is 12.1 Å². The Morgan fingerprint density at radius 1 is 1.12 bits per heavy atom. The minimum absolute atomic E-state index is 0.218. The van der Waals surface area contributed by atoms with Crippen LogP contribution in [0.1, 0.15) is 21.6 Å². The number of hydrogen-bond acceptors (Lipinski definition) is 3. The molecule has 2 heterocycles. The number of H-pyrrole nitrogens is 1. The Labute approximate surface area is 145 Å². The Kier molecular flexibility index (Phi) is 5.09.